The van der Waals surface area contributed by atoms with Gasteiger partial charge < -0.3 is 0 Å². The van der Waals surface area contributed by atoms with Crippen LogP contribution in [0.1, 0.15) is 35.0 Å². The smallest absolute Gasteiger partial charge is 0.257 e. The highest BCUT2D eigenvalue weighted by molar-refractivity contribution is 7.15. The number of thiazole rings is 1. The van der Waals surface area contributed by atoms with Crippen LogP contribution < -0.4 is 5.32 Å². The molecule has 1 amide bonds. The summed E-state index contributed by atoms with van der Waals surface area (Å²) in [6, 6.07) is 2.92. The molecular formula is C12H11Cl2N3OS. The van der Waals surface area contributed by atoms with Crippen LogP contribution in [0.4, 0.5) is 5.13 Å². The molecule has 0 unspecified atom stereocenters. The Morgan fingerprint density at radius 2 is 1.95 bits per heavy atom. The van der Waals surface area contributed by atoms with Crippen LogP contribution in [0.3, 0.4) is 0 Å². The van der Waals surface area contributed by atoms with Crippen molar-refractivity contribution in [2.45, 2.75) is 19.8 Å². The van der Waals surface area contributed by atoms with E-state index in [9.17, 15) is 4.79 Å². The highest BCUT2D eigenvalue weighted by Gasteiger charge is 2.12. The molecular weight excluding hydrogens is 305 g/mol. The average Bonchev–Trinajstić information content (AvgIpc) is 2.76. The van der Waals surface area contributed by atoms with E-state index in [4.69, 9.17) is 23.2 Å². The molecule has 0 fully saturated rings. The molecule has 2 heterocycles. The van der Waals surface area contributed by atoms with E-state index in [1.54, 1.807) is 6.20 Å². The lowest BCUT2D eigenvalue weighted by Crippen LogP contribution is -2.11. The topological polar surface area (TPSA) is 54.9 Å². The fourth-order valence-corrected chi connectivity index (χ4v) is 2.65. The van der Waals surface area contributed by atoms with Gasteiger partial charge in [-0.05, 0) is 18.1 Å². The van der Waals surface area contributed by atoms with E-state index < -0.39 is 0 Å². The summed E-state index contributed by atoms with van der Waals surface area (Å²) < 4.78 is 0. The second kappa shape index (κ2) is 5.86. The summed E-state index contributed by atoms with van der Waals surface area (Å²) in [6.07, 6.45) is 1.76. The van der Waals surface area contributed by atoms with Gasteiger partial charge in [0, 0.05) is 16.6 Å². The van der Waals surface area contributed by atoms with Crippen LogP contribution in [0.25, 0.3) is 0 Å². The zero-order valence-corrected chi connectivity index (χ0v) is 12.6. The standard InChI is InChI=1S/C12H11Cl2N3OS/c1-6(2)8-5-15-12(19-8)17-11(18)7-3-9(13)16-10(14)4-7/h3-6H,1-2H3,(H,15,17,18). The Balaban J connectivity index is 2.15. The number of rotatable bonds is 3. The first-order valence-corrected chi connectivity index (χ1v) is 7.13. The number of amides is 1. The van der Waals surface area contributed by atoms with E-state index in [2.05, 4.69) is 29.1 Å². The van der Waals surface area contributed by atoms with E-state index >= 15 is 0 Å². The van der Waals surface area contributed by atoms with Gasteiger partial charge in [-0.3, -0.25) is 10.1 Å². The molecule has 7 heteroatoms. The maximum atomic E-state index is 12.0. The van der Waals surface area contributed by atoms with Crippen LogP contribution in [0.2, 0.25) is 10.3 Å². The number of aromatic nitrogens is 2. The Morgan fingerprint density at radius 1 is 1.32 bits per heavy atom. The molecule has 2 aromatic rings. The largest absolute Gasteiger partial charge is 0.298 e. The van der Waals surface area contributed by atoms with E-state index in [1.165, 1.54) is 23.5 Å². The van der Waals surface area contributed by atoms with Crippen LogP contribution in [-0.2, 0) is 0 Å². The lowest BCUT2D eigenvalue weighted by molar-refractivity contribution is 0.102. The zero-order valence-electron chi connectivity index (χ0n) is 10.3. The van der Waals surface area contributed by atoms with Gasteiger partial charge in [0.25, 0.3) is 5.91 Å². The first kappa shape index (κ1) is 14.2. The van der Waals surface area contributed by atoms with Crippen molar-refractivity contribution in [3.63, 3.8) is 0 Å². The van der Waals surface area contributed by atoms with Crippen LogP contribution in [-0.4, -0.2) is 15.9 Å². The van der Waals surface area contributed by atoms with Crippen LogP contribution in [0.5, 0.6) is 0 Å². The van der Waals surface area contributed by atoms with Crippen molar-refractivity contribution in [2.24, 2.45) is 0 Å². The Kier molecular flexibility index (Phi) is 4.39. The fraction of sp³-hybridized carbons (Fsp3) is 0.250. The normalized spacial score (nSPS) is 10.8. The molecule has 100 valence electrons. The number of pyridine rings is 1. The number of hydrogen-bond acceptors (Lipinski definition) is 4. The van der Waals surface area contributed by atoms with Crippen molar-refractivity contribution in [3.8, 4) is 0 Å². The maximum absolute atomic E-state index is 12.0. The van der Waals surface area contributed by atoms with Gasteiger partial charge >= 0.3 is 0 Å². The van der Waals surface area contributed by atoms with Crippen LogP contribution in [0, 0.1) is 0 Å². The number of carbonyl (C=O) groups is 1. The molecule has 0 saturated carbocycles. The molecule has 0 spiro atoms. The third-order valence-corrected chi connectivity index (χ3v) is 3.94. The van der Waals surface area contributed by atoms with Crippen molar-refractivity contribution in [1.82, 2.24) is 9.97 Å². The first-order valence-electron chi connectivity index (χ1n) is 5.56. The fourth-order valence-electron chi connectivity index (χ4n) is 1.38. The molecule has 2 rings (SSSR count). The summed E-state index contributed by atoms with van der Waals surface area (Å²) in [6.45, 7) is 4.14. The summed E-state index contributed by atoms with van der Waals surface area (Å²) in [4.78, 5) is 21.1. The van der Waals surface area contributed by atoms with E-state index in [0.717, 1.165) is 4.88 Å². The average molecular weight is 316 g/mol. The summed E-state index contributed by atoms with van der Waals surface area (Å²) in [5.74, 6) is 0.0730. The van der Waals surface area contributed by atoms with Crippen LogP contribution in [0.15, 0.2) is 18.3 Å². The predicted molar refractivity (Wildman–Crippen MR) is 78.4 cm³/mol. The molecule has 0 radical (unpaired) electrons. The molecule has 4 nitrogen and oxygen atoms in total. The van der Waals surface area contributed by atoms with Crippen molar-refractivity contribution in [3.05, 3.63) is 39.1 Å². The van der Waals surface area contributed by atoms with E-state index in [-0.39, 0.29) is 16.2 Å². The van der Waals surface area contributed by atoms with Crippen molar-refractivity contribution in [1.29, 1.82) is 0 Å². The number of anilines is 1. The van der Waals surface area contributed by atoms with Gasteiger partial charge in [0.05, 0.1) is 0 Å². The molecule has 0 bridgehead atoms. The highest BCUT2D eigenvalue weighted by atomic mass is 35.5. The van der Waals surface area contributed by atoms with Gasteiger partial charge in [0.15, 0.2) is 5.13 Å². The molecule has 0 aliphatic heterocycles. The van der Waals surface area contributed by atoms with Crippen LogP contribution >= 0.6 is 34.5 Å². The molecule has 0 aliphatic rings. The van der Waals surface area contributed by atoms with Gasteiger partial charge in [0.1, 0.15) is 10.3 Å². The van der Waals surface area contributed by atoms with E-state index in [0.29, 0.717) is 16.6 Å². The number of carbonyl (C=O) groups excluding carboxylic acids is 1. The molecule has 0 aliphatic carbocycles. The monoisotopic (exact) mass is 315 g/mol. The Hall–Kier alpha value is -1.17. The van der Waals surface area contributed by atoms with Gasteiger partial charge in [-0.15, -0.1) is 11.3 Å². The van der Waals surface area contributed by atoms with Crippen molar-refractivity contribution < 1.29 is 4.79 Å². The molecule has 2 aromatic heterocycles. The maximum Gasteiger partial charge on any atom is 0.257 e. The SMILES string of the molecule is CC(C)c1cnc(NC(=O)c2cc(Cl)nc(Cl)c2)s1. The minimum atomic E-state index is -0.309. The van der Waals surface area contributed by atoms with Gasteiger partial charge in [-0.2, -0.15) is 0 Å². The van der Waals surface area contributed by atoms with Crippen molar-refractivity contribution in [2.75, 3.05) is 5.32 Å². The van der Waals surface area contributed by atoms with Gasteiger partial charge in [-0.25, -0.2) is 9.97 Å². The summed E-state index contributed by atoms with van der Waals surface area (Å²) in [5.41, 5.74) is 0.353. The number of nitrogens with zero attached hydrogens (tertiary/aromatic N) is 2. The zero-order chi connectivity index (χ0) is 14.0. The Morgan fingerprint density at radius 3 is 2.47 bits per heavy atom. The molecule has 0 atom stereocenters. The second-order valence-electron chi connectivity index (χ2n) is 4.18. The summed E-state index contributed by atoms with van der Waals surface area (Å²) in [7, 11) is 0. The van der Waals surface area contributed by atoms with Gasteiger partial charge in [0.2, 0.25) is 0 Å². The van der Waals surface area contributed by atoms with Gasteiger partial charge in [-0.1, -0.05) is 37.0 Å². The third-order valence-electron chi connectivity index (χ3n) is 2.34. The van der Waals surface area contributed by atoms with E-state index in [1.807, 2.05) is 0 Å². The second-order valence-corrected chi connectivity index (χ2v) is 6.01. The summed E-state index contributed by atoms with van der Waals surface area (Å²) >= 11 is 13.0. The summed E-state index contributed by atoms with van der Waals surface area (Å²) in [5, 5.41) is 3.63. The van der Waals surface area contributed by atoms with Crippen molar-refractivity contribution >= 4 is 45.6 Å². The highest BCUT2D eigenvalue weighted by Crippen LogP contribution is 2.25. The molecule has 19 heavy (non-hydrogen) atoms. The third kappa shape index (κ3) is 3.65. The Labute approximate surface area is 124 Å². The quantitative estimate of drug-likeness (QED) is 0.863. The molecule has 1 N–H and O–H groups in total. The first-order chi connectivity index (χ1) is 8.95. The molecule has 0 saturated heterocycles. The Bertz CT molecular complexity index is 593. The number of halogens is 2. The lowest BCUT2D eigenvalue weighted by atomic mass is 10.2. The molecule has 0 aromatic carbocycles. The minimum absolute atomic E-state index is 0.180. The predicted octanol–water partition coefficient (Wildman–Crippen LogP) is 4.22. The minimum Gasteiger partial charge on any atom is -0.298 e. The number of hydrogen-bond donors (Lipinski definition) is 1. The lowest BCUT2D eigenvalue weighted by Gasteiger charge is -2.02. The number of nitrogens with one attached hydrogen (secondary N) is 1.